The van der Waals surface area contributed by atoms with E-state index in [0.29, 0.717) is 26.4 Å². The molecule has 152 valence electrons. The number of hydrogen-bond donors (Lipinski definition) is 1. The minimum absolute atomic E-state index is 0.555. The first-order valence-corrected chi connectivity index (χ1v) is 10.1. The van der Waals surface area contributed by atoms with Crippen LogP contribution < -0.4 is 14.8 Å². The summed E-state index contributed by atoms with van der Waals surface area (Å²) in [5.41, 5.74) is 3.48. The second-order valence-corrected chi connectivity index (χ2v) is 6.66. The quantitative estimate of drug-likeness (QED) is 0.423. The Morgan fingerprint density at radius 3 is 2.24 bits per heavy atom. The van der Waals surface area contributed by atoms with Gasteiger partial charge in [-0.1, -0.05) is 48.5 Å². The lowest BCUT2D eigenvalue weighted by Gasteiger charge is -2.11. The van der Waals surface area contributed by atoms with Gasteiger partial charge in [0.2, 0.25) is 0 Å². The fraction of sp³-hybridized carbons (Fsp3) is 0.280. The second kappa shape index (κ2) is 11.8. The zero-order valence-corrected chi connectivity index (χ0v) is 17.0. The Bertz CT molecular complexity index is 851. The van der Waals surface area contributed by atoms with Crippen molar-refractivity contribution in [2.45, 2.75) is 19.9 Å². The van der Waals surface area contributed by atoms with Crippen LogP contribution in [0.3, 0.4) is 0 Å². The molecule has 0 aliphatic heterocycles. The molecule has 0 bridgehead atoms. The highest BCUT2D eigenvalue weighted by Gasteiger charge is 2.01. The molecule has 0 unspecified atom stereocenters. The van der Waals surface area contributed by atoms with E-state index in [1.165, 1.54) is 11.1 Å². The summed E-state index contributed by atoms with van der Waals surface area (Å²) in [5.74, 6) is 1.74. The summed E-state index contributed by atoms with van der Waals surface area (Å²) in [5, 5.41) is 3.45. The van der Waals surface area contributed by atoms with Gasteiger partial charge in [0.15, 0.2) is 0 Å². The number of anilines is 1. The van der Waals surface area contributed by atoms with Crippen LogP contribution in [0.5, 0.6) is 11.5 Å². The average Bonchev–Trinajstić information content (AvgIpc) is 2.77. The Morgan fingerprint density at radius 2 is 1.41 bits per heavy atom. The van der Waals surface area contributed by atoms with Crippen LogP contribution in [0.15, 0.2) is 78.9 Å². The summed E-state index contributed by atoms with van der Waals surface area (Å²) < 4.78 is 16.9. The maximum absolute atomic E-state index is 5.93. The molecule has 3 aromatic carbocycles. The molecule has 4 heteroatoms. The van der Waals surface area contributed by atoms with Crippen LogP contribution in [0.25, 0.3) is 0 Å². The highest BCUT2D eigenvalue weighted by molar-refractivity contribution is 5.48. The van der Waals surface area contributed by atoms with Gasteiger partial charge in [0.25, 0.3) is 0 Å². The maximum atomic E-state index is 5.93. The standard InChI is InChI=1S/C25H29NO3/c1-2-27-16-17-29-25-13-7-11-23(19-25)26-20-22-10-6-12-24(18-22)28-15-14-21-8-4-3-5-9-21/h3-13,18-19,26H,2,14-17,20H2,1H3. The van der Waals surface area contributed by atoms with Crippen molar-refractivity contribution in [1.29, 1.82) is 0 Å². The van der Waals surface area contributed by atoms with E-state index in [-0.39, 0.29) is 0 Å². The molecule has 0 saturated carbocycles. The van der Waals surface area contributed by atoms with Crippen LogP contribution in [0.4, 0.5) is 5.69 Å². The van der Waals surface area contributed by atoms with E-state index in [1.54, 1.807) is 0 Å². The first-order chi connectivity index (χ1) is 14.3. The molecule has 1 N–H and O–H groups in total. The van der Waals surface area contributed by atoms with Gasteiger partial charge < -0.3 is 19.5 Å². The lowest BCUT2D eigenvalue weighted by atomic mass is 10.2. The summed E-state index contributed by atoms with van der Waals surface area (Å²) in [6.45, 7) is 5.24. The third-order valence-corrected chi connectivity index (χ3v) is 4.43. The molecular weight excluding hydrogens is 362 g/mol. The van der Waals surface area contributed by atoms with Gasteiger partial charge in [-0.3, -0.25) is 0 Å². The molecule has 29 heavy (non-hydrogen) atoms. The minimum atomic E-state index is 0.555. The van der Waals surface area contributed by atoms with Crippen molar-refractivity contribution in [2.75, 3.05) is 31.7 Å². The topological polar surface area (TPSA) is 39.7 Å². The Kier molecular flexibility index (Phi) is 8.42. The van der Waals surface area contributed by atoms with Crippen molar-refractivity contribution in [3.05, 3.63) is 90.0 Å². The molecule has 0 amide bonds. The Labute approximate surface area is 173 Å². The van der Waals surface area contributed by atoms with Crippen LogP contribution in [0.2, 0.25) is 0 Å². The van der Waals surface area contributed by atoms with Crippen molar-refractivity contribution in [3.63, 3.8) is 0 Å². The van der Waals surface area contributed by atoms with Crippen LogP contribution in [-0.2, 0) is 17.7 Å². The van der Waals surface area contributed by atoms with Gasteiger partial charge in [-0.15, -0.1) is 0 Å². The average molecular weight is 392 g/mol. The van der Waals surface area contributed by atoms with Crippen molar-refractivity contribution in [3.8, 4) is 11.5 Å². The SMILES string of the molecule is CCOCCOc1cccc(NCc2cccc(OCCc3ccccc3)c2)c1. The monoisotopic (exact) mass is 391 g/mol. The normalized spacial score (nSPS) is 10.5. The Hall–Kier alpha value is -2.98. The predicted octanol–water partition coefficient (Wildman–Crippen LogP) is 5.34. The highest BCUT2D eigenvalue weighted by atomic mass is 16.5. The summed E-state index contributed by atoms with van der Waals surface area (Å²) in [6, 6.07) is 26.6. The van der Waals surface area contributed by atoms with Gasteiger partial charge in [0.05, 0.1) is 13.2 Å². The first kappa shape index (κ1) is 20.7. The maximum Gasteiger partial charge on any atom is 0.121 e. The third-order valence-electron chi connectivity index (χ3n) is 4.43. The number of benzene rings is 3. The molecule has 0 spiro atoms. The first-order valence-electron chi connectivity index (χ1n) is 10.1. The fourth-order valence-corrected chi connectivity index (χ4v) is 2.94. The van der Waals surface area contributed by atoms with Crippen molar-refractivity contribution >= 4 is 5.69 Å². The zero-order valence-electron chi connectivity index (χ0n) is 17.0. The molecule has 0 atom stereocenters. The van der Waals surface area contributed by atoms with E-state index in [9.17, 15) is 0 Å². The molecule has 0 radical (unpaired) electrons. The summed E-state index contributed by atoms with van der Waals surface area (Å²) >= 11 is 0. The van der Waals surface area contributed by atoms with Gasteiger partial charge in [-0.25, -0.2) is 0 Å². The number of ether oxygens (including phenoxy) is 3. The molecule has 3 rings (SSSR count). The molecule has 0 aliphatic rings. The van der Waals surface area contributed by atoms with E-state index in [0.717, 1.165) is 30.2 Å². The van der Waals surface area contributed by atoms with Crippen LogP contribution in [-0.4, -0.2) is 26.4 Å². The van der Waals surface area contributed by atoms with E-state index in [1.807, 2.05) is 49.4 Å². The largest absolute Gasteiger partial charge is 0.493 e. The van der Waals surface area contributed by atoms with Gasteiger partial charge in [-0.2, -0.15) is 0 Å². The van der Waals surface area contributed by atoms with Crippen molar-refractivity contribution in [1.82, 2.24) is 0 Å². The minimum Gasteiger partial charge on any atom is -0.493 e. The van der Waals surface area contributed by atoms with Gasteiger partial charge >= 0.3 is 0 Å². The van der Waals surface area contributed by atoms with E-state index in [2.05, 4.69) is 41.7 Å². The predicted molar refractivity (Wildman–Crippen MR) is 118 cm³/mol. The third kappa shape index (κ3) is 7.51. The van der Waals surface area contributed by atoms with Crippen molar-refractivity contribution < 1.29 is 14.2 Å². The van der Waals surface area contributed by atoms with Crippen LogP contribution >= 0.6 is 0 Å². The molecule has 0 heterocycles. The van der Waals surface area contributed by atoms with E-state index in [4.69, 9.17) is 14.2 Å². The highest BCUT2D eigenvalue weighted by Crippen LogP contribution is 2.19. The number of rotatable bonds is 12. The van der Waals surface area contributed by atoms with E-state index < -0.39 is 0 Å². The Balaban J connectivity index is 1.46. The molecule has 0 aliphatic carbocycles. The zero-order chi connectivity index (χ0) is 20.2. The van der Waals surface area contributed by atoms with Gasteiger partial charge in [0, 0.05) is 31.3 Å². The second-order valence-electron chi connectivity index (χ2n) is 6.66. The smallest absolute Gasteiger partial charge is 0.121 e. The molecule has 3 aromatic rings. The molecule has 0 aromatic heterocycles. The number of hydrogen-bond acceptors (Lipinski definition) is 4. The lowest BCUT2D eigenvalue weighted by molar-refractivity contribution is 0.110. The lowest BCUT2D eigenvalue weighted by Crippen LogP contribution is -2.06. The van der Waals surface area contributed by atoms with Crippen LogP contribution in [0, 0.1) is 0 Å². The Morgan fingerprint density at radius 1 is 0.690 bits per heavy atom. The van der Waals surface area contributed by atoms with E-state index >= 15 is 0 Å². The van der Waals surface area contributed by atoms with Crippen LogP contribution in [0.1, 0.15) is 18.1 Å². The molecule has 0 saturated heterocycles. The van der Waals surface area contributed by atoms with Gasteiger partial charge in [0.1, 0.15) is 18.1 Å². The molecule has 0 fully saturated rings. The summed E-state index contributed by atoms with van der Waals surface area (Å²) in [4.78, 5) is 0. The number of nitrogens with one attached hydrogen (secondary N) is 1. The molecular formula is C25H29NO3. The van der Waals surface area contributed by atoms with Crippen molar-refractivity contribution in [2.24, 2.45) is 0 Å². The van der Waals surface area contributed by atoms with Gasteiger partial charge in [-0.05, 0) is 42.3 Å². The molecule has 4 nitrogen and oxygen atoms in total. The fourth-order valence-electron chi connectivity index (χ4n) is 2.94. The summed E-state index contributed by atoms with van der Waals surface area (Å²) in [6.07, 6.45) is 0.902. The summed E-state index contributed by atoms with van der Waals surface area (Å²) in [7, 11) is 0.